The van der Waals surface area contributed by atoms with Gasteiger partial charge in [-0.2, -0.15) is 5.10 Å². The predicted octanol–water partition coefficient (Wildman–Crippen LogP) is 0.869. The van der Waals surface area contributed by atoms with Crippen LogP contribution in [-0.2, 0) is 9.59 Å². The number of carboxylic acid groups (broad SMARTS) is 1. The number of carbonyl (C=O) groups excluding carboxylic acids is 2. The molecule has 0 bridgehead atoms. The molecule has 2 aromatic rings. The lowest BCUT2D eigenvalue weighted by Crippen LogP contribution is -2.32. The summed E-state index contributed by atoms with van der Waals surface area (Å²) in [5.74, 6) is -2.63. The first kappa shape index (κ1) is 15.8. The molecule has 3 N–H and O–H groups in total. The number of hydrazone groups is 1. The van der Waals surface area contributed by atoms with Crippen molar-refractivity contribution in [2.24, 2.45) is 5.10 Å². The first-order valence-electron chi connectivity index (χ1n) is 6.45. The second-order valence-corrected chi connectivity index (χ2v) is 4.30. The second-order valence-electron chi connectivity index (χ2n) is 4.30. The fraction of sp³-hybridized carbons (Fsp3) is 0. The second kappa shape index (κ2) is 7.46. The van der Waals surface area contributed by atoms with Crippen molar-refractivity contribution in [3.8, 4) is 0 Å². The number of nitrogens with zero attached hydrogens (tertiary/aromatic N) is 2. The topological polar surface area (TPSA) is 121 Å². The minimum Gasteiger partial charge on any atom is -0.478 e. The summed E-state index contributed by atoms with van der Waals surface area (Å²) in [6, 6.07) is 10.7. The smallest absolute Gasteiger partial charge is 0.335 e. The summed E-state index contributed by atoms with van der Waals surface area (Å²) in [6.07, 6.45) is 2.77. The lowest BCUT2D eigenvalue weighted by molar-refractivity contribution is -0.136. The van der Waals surface area contributed by atoms with Crippen molar-refractivity contribution in [1.29, 1.82) is 0 Å². The molecule has 0 fully saturated rings. The average molecular weight is 312 g/mol. The summed E-state index contributed by atoms with van der Waals surface area (Å²) in [5.41, 5.74) is 2.77. The Bertz CT molecular complexity index is 742. The monoisotopic (exact) mass is 312 g/mol. The van der Waals surface area contributed by atoms with Gasteiger partial charge >= 0.3 is 17.8 Å². The van der Waals surface area contributed by atoms with Crippen LogP contribution in [0.1, 0.15) is 15.9 Å². The molecule has 0 spiro atoms. The van der Waals surface area contributed by atoms with Crippen molar-refractivity contribution in [2.45, 2.75) is 0 Å². The lowest BCUT2D eigenvalue weighted by Gasteiger charge is -2.02. The zero-order chi connectivity index (χ0) is 16.7. The Kier molecular flexibility index (Phi) is 5.13. The number of aromatic nitrogens is 1. The van der Waals surface area contributed by atoms with Crippen LogP contribution in [0.5, 0.6) is 0 Å². The molecule has 116 valence electrons. The summed E-state index contributed by atoms with van der Waals surface area (Å²) >= 11 is 0. The molecule has 0 atom stereocenters. The molecule has 23 heavy (non-hydrogen) atoms. The Labute approximate surface area is 130 Å². The van der Waals surface area contributed by atoms with Gasteiger partial charge in [-0.3, -0.25) is 9.59 Å². The number of nitrogens with one attached hydrogen (secondary N) is 2. The molecule has 0 saturated heterocycles. The van der Waals surface area contributed by atoms with Gasteiger partial charge in [0.1, 0.15) is 5.82 Å². The number of carbonyl (C=O) groups is 3. The van der Waals surface area contributed by atoms with Gasteiger partial charge in [0.15, 0.2) is 0 Å². The first-order chi connectivity index (χ1) is 11.1. The van der Waals surface area contributed by atoms with E-state index in [1.54, 1.807) is 18.2 Å². The molecular weight excluding hydrogens is 300 g/mol. The SMILES string of the molecule is O=C(N/N=C/c1ccc(C(=O)O)cc1)C(=O)Nc1ccccn1. The van der Waals surface area contributed by atoms with E-state index in [2.05, 4.69) is 20.8 Å². The molecule has 1 aromatic heterocycles. The third kappa shape index (κ3) is 4.74. The van der Waals surface area contributed by atoms with Gasteiger partial charge < -0.3 is 10.4 Å². The van der Waals surface area contributed by atoms with Crippen molar-refractivity contribution >= 4 is 29.8 Å². The van der Waals surface area contributed by atoms with E-state index >= 15 is 0 Å². The Morgan fingerprint density at radius 1 is 1.04 bits per heavy atom. The van der Waals surface area contributed by atoms with Crippen molar-refractivity contribution in [3.63, 3.8) is 0 Å². The highest BCUT2D eigenvalue weighted by Gasteiger charge is 2.12. The maximum absolute atomic E-state index is 11.6. The third-order valence-corrected chi connectivity index (χ3v) is 2.65. The minimum absolute atomic E-state index is 0.140. The van der Waals surface area contributed by atoms with Crippen molar-refractivity contribution < 1.29 is 19.5 Å². The highest BCUT2D eigenvalue weighted by Crippen LogP contribution is 2.02. The molecule has 2 amide bonds. The van der Waals surface area contributed by atoms with Crippen LogP contribution in [-0.4, -0.2) is 34.1 Å². The number of rotatable bonds is 4. The largest absolute Gasteiger partial charge is 0.478 e. The van der Waals surface area contributed by atoms with Gasteiger partial charge in [-0.25, -0.2) is 15.2 Å². The van der Waals surface area contributed by atoms with Gasteiger partial charge in [0.05, 0.1) is 11.8 Å². The molecule has 1 aromatic carbocycles. The van der Waals surface area contributed by atoms with Crippen LogP contribution >= 0.6 is 0 Å². The van der Waals surface area contributed by atoms with Crippen LogP contribution in [0.25, 0.3) is 0 Å². The lowest BCUT2D eigenvalue weighted by atomic mass is 10.1. The molecule has 0 aliphatic heterocycles. The quantitative estimate of drug-likeness (QED) is 0.439. The molecule has 0 aliphatic rings. The maximum atomic E-state index is 11.6. The van der Waals surface area contributed by atoms with Gasteiger partial charge in [0.25, 0.3) is 0 Å². The first-order valence-corrected chi connectivity index (χ1v) is 6.45. The van der Waals surface area contributed by atoms with Crippen LogP contribution in [0.15, 0.2) is 53.8 Å². The van der Waals surface area contributed by atoms with Crippen LogP contribution in [0.4, 0.5) is 5.82 Å². The molecule has 0 radical (unpaired) electrons. The van der Waals surface area contributed by atoms with Crippen LogP contribution in [0.2, 0.25) is 0 Å². The Morgan fingerprint density at radius 2 is 1.78 bits per heavy atom. The number of pyridine rings is 1. The summed E-state index contributed by atoms with van der Waals surface area (Å²) < 4.78 is 0. The normalized spacial score (nSPS) is 10.3. The fourth-order valence-electron chi connectivity index (χ4n) is 1.54. The molecular formula is C15H12N4O4. The van der Waals surface area contributed by atoms with Crippen LogP contribution < -0.4 is 10.7 Å². The maximum Gasteiger partial charge on any atom is 0.335 e. The molecule has 0 saturated carbocycles. The standard InChI is InChI=1S/C15H12N4O4/c20-13(18-12-3-1-2-8-16-12)14(21)19-17-9-10-4-6-11(7-5-10)15(22)23/h1-9H,(H,19,21)(H,22,23)(H,16,18,20)/b17-9+. The zero-order valence-corrected chi connectivity index (χ0v) is 11.8. The number of aromatic carboxylic acids is 1. The summed E-state index contributed by atoms with van der Waals surface area (Å²) in [5, 5.41) is 14.7. The van der Waals surface area contributed by atoms with Gasteiger partial charge in [-0.1, -0.05) is 18.2 Å². The fourth-order valence-corrected chi connectivity index (χ4v) is 1.54. The highest BCUT2D eigenvalue weighted by molar-refractivity contribution is 6.39. The highest BCUT2D eigenvalue weighted by atomic mass is 16.4. The van der Waals surface area contributed by atoms with E-state index in [1.807, 2.05) is 0 Å². The predicted molar refractivity (Wildman–Crippen MR) is 82.0 cm³/mol. The molecule has 2 rings (SSSR count). The molecule has 1 heterocycles. The van der Waals surface area contributed by atoms with Gasteiger partial charge in [-0.05, 0) is 29.8 Å². The van der Waals surface area contributed by atoms with E-state index in [9.17, 15) is 14.4 Å². The number of benzene rings is 1. The average Bonchev–Trinajstić information content (AvgIpc) is 2.56. The van der Waals surface area contributed by atoms with E-state index in [-0.39, 0.29) is 11.4 Å². The van der Waals surface area contributed by atoms with E-state index in [0.717, 1.165) is 0 Å². The van der Waals surface area contributed by atoms with Gasteiger partial charge in [0.2, 0.25) is 0 Å². The number of amides is 2. The van der Waals surface area contributed by atoms with E-state index in [4.69, 9.17) is 5.11 Å². The van der Waals surface area contributed by atoms with Crippen LogP contribution in [0, 0.1) is 0 Å². The van der Waals surface area contributed by atoms with E-state index < -0.39 is 17.8 Å². The minimum atomic E-state index is -1.03. The molecule has 0 unspecified atom stereocenters. The molecule has 8 heteroatoms. The summed E-state index contributed by atoms with van der Waals surface area (Å²) in [4.78, 5) is 37.7. The van der Waals surface area contributed by atoms with Crippen LogP contribution in [0.3, 0.4) is 0 Å². The molecule has 8 nitrogen and oxygen atoms in total. The Balaban J connectivity index is 1.88. The number of hydrogen-bond acceptors (Lipinski definition) is 5. The van der Waals surface area contributed by atoms with Crippen molar-refractivity contribution in [3.05, 3.63) is 59.8 Å². The number of anilines is 1. The van der Waals surface area contributed by atoms with Crippen molar-refractivity contribution in [1.82, 2.24) is 10.4 Å². The Morgan fingerprint density at radius 3 is 2.39 bits per heavy atom. The number of carboxylic acids is 1. The van der Waals surface area contributed by atoms with Gasteiger partial charge in [-0.15, -0.1) is 0 Å². The van der Waals surface area contributed by atoms with E-state index in [0.29, 0.717) is 5.56 Å². The van der Waals surface area contributed by atoms with Gasteiger partial charge in [0, 0.05) is 6.20 Å². The number of hydrogen-bond donors (Lipinski definition) is 3. The third-order valence-electron chi connectivity index (χ3n) is 2.65. The summed E-state index contributed by atoms with van der Waals surface area (Å²) in [7, 11) is 0. The molecule has 0 aliphatic carbocycles. The Hall–Kier alpha value is -3.55. The van der Waals surface area contributed by atoms with E-state index in [1.165, 1.54) is 36.7 Å². The summed E-state index contributed by atoms with van der Waals surface area (Å²) in [6.45, 7) is 0. The van der Waals surface area contributed by atoms with Crippen molar-refractivity contribution in [2.75, 3.05) is 5.32 Å². The zero-order valence-electron chi connectivity index (χ0n) is 11.8.